The summed E-state index contributed by atoms with van der Waals surface area (Å²) >= 11 is 0. The quantitative estimate of drug-likeness (QED) is 0.518. The molecule has 0 saturated carbocycles. The predicted molar refractivity (Wildman–Crippen MR) is 134 cm³/mol. The number of carbonyl (C=O) groups excluding carboxylic acids is 1. The molecule has 35 heavy (non-hydrogen) atoms. The van der Waals surface area contributed by atoms with Gasteiger partial charge in [-0.25, -0.2) is 8.42 Å². The van der Waals surface area contributed by atoms with Crippen LogP contribution in [0.15, 0.2) is 77.7 Å². The fourth-order valence-corrected chi connectivity index (χ4v) is 5.81. The van der Waals surface area contributed by atoms with Crippen molar-refractivity contribution in [3.8, 4) is 11.5 Å². The van der Waals surface area contributed by atoms with Gasteiger partial charge in [-0.15, -0.1) is 0 Å². The van der Waals surface area contributed by atoms with Crippen LogP contribution in [0.2, 0.25) is 0 Å². The molecule has 0 radical (unpaired) electrons. The van der Waals surface area contributed by atoms with Crippen molar-refractivity contribution in [3.63, 3.8) is 0 Å². The highest BCUT2D eigenvalue weighted by Gasteiger charge is 2.32. The number of hydrogen-bond acceptors (Lipinski definition) is 5. The zero-order valence-corrected chi connectivity index (χ0v) is 20.4. The predicted octanol–water partition coefficient (Wildman–Crippen LogP) is 4.65. The summed E-state index contributed by atoms with van der Waals surface area (Å²) in [6.07, 6.45) is 2.60. The molecule has 0 spiro atoms. The number of nitrogens with zero attached hydrogens (tertiary/aromatic N) is 2. The third-order valence-corrected chi connectivity index (χ3v) is 8.35. The second-order valence-corrected chi connectivity index (χ2v) is 10.7. The van der Waals surface area contributed by atoms with Crippen LogP contribution in [-0.4, -0.2) is 46.0 Å². The molecule has 3 aromatic rings. The van der Waals surface area contributed by atoms with Crippen LogP contribution in [0.25, 0.3) is 0 Å². The van der Waals surface area contributed by atoms with E-state index in [0.717, 1.165) is 36.3 Å². The van der Waals surface area contributed by atoms with Gasteiger partial charge in [-0.2, -0.15) is 0 Å². The molecule has 7 nitrogen and oxygen atoms in total. The molecule has 1 atom stereocenters. The van der Waals surface area contributed by atoms with E-state index in [1.165, 1.54) is 23.5 Å². The summed E-state index contributed by atoms with van der Waals surface area (Å²) in [6.45, 7) is 1.89. The van der Waals surface area contributed by atoms with Crippen molar-refractivity contribution in [1.29, 1.82) is 0 Å². The van der Waals surface area contributed by atoms with E-state index in [0.29, 0.717) is 31.0 Å². The highest BCUT2D eigenvalue weighted by molar-refractivity contribution is 7.92. The van der Waals surface area contributed by atoms with Crippen LogP contribution in [0.5, 0.6) is 11.5 Å². The van der Waals surface area contributed by atoms with Gasteiger partial charge >= 0.3 is 0 Å². The maximum atomic E-state index is 13.4. The fraction of sp³-hybridized carbons (Fsp3) is 0.296. The van der Waals surface area contributed by atoms with Gasteiger partial charge < -0.3 is 14.4 Å². The number of fused-ring (bicyclic) bond motifs is 1. The van der Waals surface area contributed by atoms with Gasteiger partial charge in [0.15, 0.2) is 11.5 Å². The molecule has 3 aromatic carbocycles. The lowest BCUT2D eigenvalue weighted by atomic mass is 10.0. The molecule has 8 heteroatoms. The number of carbonyl (C=O) groups is 1. The Hall–Kier alpha value is -3.52. The van der Waals surface area contributed by atoms with E-state index in [1.807, 2.05) is 29.2 Å². The Balaban J connectivity index is 1.35. The lowest BCUT2D eigenvalue weighted by molar-refractivity contribution is 0.0735. The first kappa shape index (κ1) is 23.2. The van der Waals surface area contributed by atoms with Gasteiger partial charge in [-0.05, 0) is 66.9 Å². The molecule has 1 saturated heterocycles. The van der Waals surface area contributed by atoms with Crippen molar-refractivity contribution >= 4 is 21.6 Å². The minimum Gasteiger partial charge on any atom is -0.490 e. The Kier molecular flexibility index (Phi) is 6.38. The second-order valence-electron chi connectivity index (χ2n) is 8.75. The van der Waals surface area contributed by atoms with E-state index >= 15 is 0 Å². The number of sulfonamides is 1. The highest BCUT2D eigenvalue weighted by atomic mass is 32.2. The zero-order chi connectivity index (χ0) is 24.4. The summed E-state index contributed by atoms with van der Waals surface area (Å²) in [5.74, 6) is 1.34. The largest absolute Gasteiger partial charge is 0.490 e. The van der Waals surface area contributed by atoms with Crippen molar-refractivity contribution in [2.24, 2.45) is 0 Å². The standard InChI is InChI=1S/C27H28N2O5S/c1-28(22-7-3-2-4-8-22)35(31,32)23-13-10-20(11-14-23)27(30)29-16-5-9-24(29)21-12-15-25-26(19-21)34-18-6-17-33-25/h2-4,7-8,10-15,19,24H,5-6,9,16-18H2,1H3/t24-/m0/s1. The number of amides is 1. The van der Waals surface area contributed by atoms with Crippen LogP contribution in [0.1, 0.15) is 41.2 Å². The number of hydrogen-bond donors (Lipinski definition) is 0. The van der Waals surface area contributed by atoms with E-state index in [2.05, 4.69) is 0 Å². The second kappa shape index (κ2) is 9.62. The molecule has 2 aliphatic rings. The van der Waals surface area contributed by atoms with Gasteiger partial charge in [0.25, 0.3) is 15.9 Å². The van der Waals surface area contributed by atoms with Crippen molar-refractivity contribution in [1.82, 2.24) is 4.90 Å². The Morgan fingerprint density at radius 1 is 0.914 bits per heavy atom. The number of anilines is 1. The molecular formula is C27H28N2O5S. The fourth-order valence-electron chi connectivity index (χ4n) is 4.61. The monoisotopic (exact) mass is 492 g/mol. The SMILES string of the molecule is CN(c1ccccc1)S(=O)(=O)c1ccc(C(=O)N2CCC[C@H]2c2ccc3c(c2)OCCCO3)cc1. The van der Waals surface area contributed by atoms with Crippen molar-refractivity contribution < 1.29 is 22.7 Å². The minimum atomic E-state index is -3.74. The van der Waals surface area contributed by atoms with Crippen molar-refractivity contribution in [3.05, 3.63) is 83.9 Å². The van der Waals surface area contributed by atoms with E-state index in [9.17, 15) is 13.2 Å². The number of benzene rings is 3. The first-order valence-corrected chi connectivity index (χ1v) is 13.2. The van der Waals surface area contributed by atoms with Crippen LogP contribution < -0.4 is 13.8 Å². The van der Waals surface area contributed by atoms with Crippen LogP contribution in [0, 0.1) is 0 Å². The summed E-state index contributed by atoms with van der Waals surface area (Å²) in [6, 6.07) is 20.9. The van der Waals surface area contributed by atoms with Gasteiger partial charge in [0.1, 0.15) is 0 Å². The number of rotatable bonds is 5. The molecule has 0 unspecified atom stereocenters. The van der Waals surface area contributed by atoms with Gasteiger partial charge in [-0.3, -0.25) is 9.10 Å². The summed E-state index contributed by atoms with van der Waals surface area (Å²) in [4.78, 5) is 15.4. The summed E-state index contributed by atoms with van der Waals surface area (Å²) < 4.78 is 38.9. The van der Waals surface area contributed by atoms with Crippen LogP contribution in [0.4, 0.5) is 5.69 Å². The molecule has 0 bridgehead atoms. The van der Waals surface area contributed by atoms with Crippen molar-refractivity contribution in [2.75, 3.05) is 31.1 Å². The van der Waals surface area contributed by atoms with Gasteiger partial charge in [0.05, 0.1) is 29.8 Å². The number of likely N-dealkylation sites (tertiary alicyclic amines) is 1. The Bertz CT molecular complexity index is 1310. The molecular weight excluding hydrogens is 464 g/mol. The van der Waals surface area contributed by atoms with Crippen LogP contribution >= 0.6 is 0 Å². The topological polar surface area (TPSA) is 76.2 Å². The Morgan fingerprint density at radius 3 is 2.37 bits per heavy atom. The Labute approximate surface area is 205 Å². The smallest absolute Gasteiger partial charge is 0.264 e. The number of para-hydroxylation sites is 1. The summed E-state index contributed by atoms with van der Waals surface area (Å²) in [5.41, 5.74) is 2.05. The molecule has 1 fully saturated rings. The van der Waals surface area contributed by atoms with E-state index in [-0.39, 0.29) is 16.8 Å². The summed E-state index contributed by atoms with van der Waals surface area (Å²) in [5, 5.41) is 0. The average molecular weight is 493 g/mol. The van der Waals surface area contributed by atoms with E-state index in [1.54, 1.807) is 36.4 Å². The third-order valence-electron chi connectivity index (χ3n) is 6.55. The first-order valence-electron chi connectivity index (χ1n) is 11.8. The molecule has 0 N–H and O–H groups in total. The normalized spacial score (nSPS) is 17.6. The van der Waals surface area contributed by atoms with E-state index < -0.39 is 10.0 Å². The maximum Gasteiger partial charge on any atom is 0.264 e. The van der Waals surface area contributed by atoms with Crippen molar-refractivity contribution in [2.45, 2.75) is 30.2 Å². The van der Waals surface area contributed by atoms with Crippen LogP contribution in [0.3, 0.4) is 0 Å². The molecule has 0 aromatic heterocycles. The summed E-state index contributed by atoms with van der Waals surface area (Å²) in [7, 11) is -2.21. The zero-order valence-electron chi connectivity index (χ0n) is 19.6. The lowest BCUT2D eigenvalue weighted by Crippen LogP contribution is -2.30. The average Bonchev–Trinajstić information content (AvgIpc) is 3.27. The third kappa shape index (κ3) is 4.58. The minimum absolute atomic E-state index is 0.0627. The van der Waals surface area contributed by atoms with Gasteiger partial charge in [-0.1, -0.05) is 24.3 Å². The van der Waals surface area contributed by atoms with Crippen LogP contribution in [-0.2, 0) is 10.0 Å². The molecule has 2 heterocycles. The first-order chi connectivity index (χ1) is 16.9. The molecule has 0 aliphatic carbocycles. The maximum absolute atomic E-state index is 13.4. The van der Waals surface area contributed by atoms with E-state index in [4.69, 9.17) is 9.47 Å². The highest BCUT2D eigenvalue weighted by Crippen LogP contribution is 2.38. The van der Waals surface area contributed by atoms with Gasteiger partial charge in [0.2, 0.25) is 0 Å². The molecule has 1 amide bonds. The van der Waals surface area contributed by atoms with Gasteiger partial charge in [0, 0.05) is 25.6 Å². The molecule has 5 rings (SSSR count). The number of ether oxygens (including phenoxy) is 2. The lowest BCUT2D eigenvalue weighted by Gasteiger charge is -2.26. The molecule has 2 aliphatic heterocycles. The Morgan fingerprint density at radius 2 is 1.63 bits per heavy atom. The molecule has 182 valence electrons.